The lowest BCUT2D eigenvalue weighted by Crippen LogP contribution is -2.05. The fourth-order valence-electron chi connectivity index (χ4n) is 2.65. The Balaban J connectivity index is 2.12. The largest absolute Gasteiger partial charge is 0.489 e. The van der Waals surface area contributed by atoms with Crippen LogP contribution in [0.5, 0.6) is 5.75 Å². The minimum absolute atomic E-state index is 0.0631. The highest BCUT2D eigenvalue weighted by Gasteiger charge is 2.12. The molecule has 2 rings (SSSR count). The van der Waals surface area contributed by atoms with E-state index in [4.69, 9.17) is 4.74 Å². The number of hydrogen-bond acceptors (Lipinski definition) is 3. The molecule has 2 aromatic rings. The molecule has 0 unspecified atom stereocenters. The molecule has 0 aliphatic heterocycles. The van der Waals surface area contributed by atoms with Gasteiger partial charge in [0.25, 0.3) is 0 Å². The number of rotatable bonds is 10. The maximum Gasteiger partial charge on any atom is 0.335 e. The molecule has 152 valence electrons. The average molecular weight is 394 g/mol. The van der Waals surface area contributed by atoms with Crippen molar-refractivity contribution >= 4 is 18.0 Å². The smallest absolute Gasteiger partial charge is 0.335 e. The molecule has 5 nitrogen and oxygen atoms in total. The van der Waals surface area contributed by atoms with Crippen LogP contribution in [0.2, 0.25) is 0 Å². The zero-order chi connectivity index (χ0) is 21.2. The normalized spacial score (nSPS) is 11.9. The number of ether oxygens (including phenoxy) is 1. The molecule has 0 spiro atoms. The van der Waals surface area contributed by atoms with Gasteiger partial charge in [0.15, 0.2) is 0 Å². The zero-order valence-corrected chi connectivity index (χ0v) is 16.7. The van der Waals surface area contributed by atoms with E-state index in [0.717, 1.165) is 12.0 Å². The van der Waals surface area contributed by atoms with E-state index < -0.39 is 11.9 Å². The van der Waals surface area contributed by atoms with Gasteiger partial charge in [-0.25, -0.2) is 9.59 Å². The predicted molar refractivity (Wildman–Crippen MR) is 113 cm³/mol. The summed E-state index contributed by atoms with van der Waals surface area (Å²) in [6.07, 6.45) is 4.56. The van der Waals surface area contributed by atoms with Gasteiger partial charge in [-0.2, -0.15) is 0 Å². The lowest BCUT2D eigenvalue weighted by Gasteiger charge is -2.07. The topological polar surface area (TPSA) is 83.8 Å². The Morgan fingerprint density at radius 1 is 0.966 bits per heavy atom. The predicted octanol–water partition coefficient (Wildman–Crippen LogP) is 5.24. The van der Waals surface area contributed by atoms with Crippen molar-refractivity contribution in [2.24, 2.45) is 0 Å². The number of carboxylic acid groups (broad SMARTS) is 2. The number of carbonyl (C=O) groups is 2. The summed E-state index contributed by atoms with van der Waals surface area (Å²) in [6, 6.07) is 15.1. The third-order valence-electron chi connectivity index (χ3n) is 4.38. The fourth-order valence-corrected chi connectivity index (χ4v) is 2.65. The van der Waals surface area contributed by atoms with Gasteiger partial charge in [0.05, 0.1) is 5.57 Å². The summed E-state index contributed by atoms with van der Waals surface area (Å²) in [5, 5.41) is 18.7. The first kappa shape index (κ1) is 22.0. The summed E-state index contributed by atoms with van der Waals surface area (Å²) >= 11 is 0. The quantitative estimate of drug-likeness (QED) is 0.425. The van der Waals surface area contributed by atoms with Gasteiger partial charge in [-0.1, -0.05) is 55.3 Å². The number of benzene rings is 2. The third-order valence-corrected chi connectivity index (χ3v) is 4.38. The van der Waals surface area contributed by atoms with Crippen LogP contribution >= 0.6 is 0 Å². The van der Waals surface area contributed by atoms with E-state index in [9.17, 15) is 19.8 Å². The Kier molecular flexibility index (Phi) is 8.22. The van der Waals surface area contributed by atoms with Gasteiger partial charge in [0, 0.05) is 5.57 Å². The Labute approximate surface area is 171 Å². The van der Waals surface area contributed by atoms with Gasteiger partial charge < -0.3 is 14.9 Å². The van der Waals surface area contributed by atoms with E-state index >= 15 is 0 Å². The SMILES string of the molecule is CCCCC(=CC(=Cc1ccc(OCc2ccc(C)cc2)cc1)C(=O)O)C(=O)O. The molecule has 29 heavy (non-hydrogen) atoms. The molecule has 0 radical (unpaired) electrons. The summed E-state index contributed by atoms with van der Waals surface area (Å²) < 4.78 is 5.75. The first-order valence-electron chi connectivity index (χ1n) is 9.56. The average Bonchev–Trinajstić information content (AvgIpc) is 2.70. The minimum atomic E-state index is -1.17. The van der Waals surface area contributed by atoms with Crippen molar-refractivity contribution in [3.63, 3.8) is 0 Å². The summed E-state index contributed by atoms with van der Waals surface area (Å²) in [5.41, 5.74) is 2.94. The van der Waals surface area contributed by atoms with E-state index in [1.807, 2.05) is 38.1 Å². The van der Waals surface area contributed by atoms with E-state index in [1.54, 1.807) is 24.3 Å². The lowest BCUT2D eigenvalue weighted by atomic mass is 10.0. The van der Waals surface area contributed by atoms with Crippen LogP contribution in [0.3, 0.4) is 0 Å². The number of unbranched alkanes of at least 4 members (excludes halogenated alkanes) is 1. The van der Waals surface area contributed by atoms with Gasteiger partial charge in [-0.15, -0.1) is 0 Å². The maximum atomic E-state index is 11.6. The Morgan fingerprint density at radius 3 is 2.17 bits per heavy atom. The second-order valence-electron chi connectivity index (χ2n) is 6.83. The van der Waals surface area contributed by atoms with Crippen molar-refractivity contribution in [1.82, 2.24) is 0 Å². The highest BCUT2D eigenvalue weighted by Crippen LogP contribution is 2.18. The number of carboxylic acids is 2. The van der Waals surface area contributed by atoms with Gasteiger partial charge in [-0.3, -0.25) is 0 Å². The molecule has 0 bridgehead atoms. The first-order valence-corrected chi connectivity index (χ1v) is 9.56. The Bertz CT molecular complexity index is 890. The molecule has 0 saturated carbocycles. The van der Waals surface area contributed by atoms with Crippen molar-refractivity contribution < 1.29 is 24.5 Å². The van der Waals surface area contributed by atoms with Gasteiger partial charge in [0.1, 0.15) is 12.4 Å². The molecule has 0 heterocycles. The van der Waals surface area contributed by atoms with Crippen LogP contribution in [0.15, 0.2) is 65.8 Å². The van der Waals surface area contributed by atoms with Crippen LogP contribution in [0.1, 0.15) is 42.9 Å². The van der Waals surface area contributed by atoms with Crippen LogP contribution in [0.25, 0.3) is 6.08 Å². The lowest BCUT2D eigenvalue weighted by molar-refractivity contribution is -0.133. The van der Waals surface area contributed by atoms with E-state index in [1.165, 1.54) is 17.7 Å². The molecule has 2 aromatic carbocycles. The standard InChI is InChI=1S/C24H26O5/c1-3-4-5-20(23(25)26)15-21(24(27)28)14-18-10-12-22(13-11-18)29-16-19-8-6-17(2)7-9-19/h6-15H,3-5,16H2,1-2H3,(H,25,26)(H,27,28). The summed E-state index contributed by atoms with van der Waals surface area (Å²) in [7, 11) is 0. The van der Waals surface area contributed by atoms with Crippen molar-refractivity contribution in [3.05, 3.63) is 82.4 Å². The van der Waals surface area contributed by atoms with Gasteiger partial charge in [-0.05, 0) is 55.2 Å². The maximum absolute atomic E-state index is 11.6. The Morgan fingerprint density at radius 2 is 1.62 bits per heavy atom. The monoisotopic (exact) mass is 394 g/mol. The Hall–Kier alpha value is -3.34. The molecule has 0 atom stereocenters. The van der Waals surface area contributed by atoms with Crippen LogP contribution in [-0.4, -0.2) is 22.2 Å². The molecule has 0 amide bonds. The zero-order valence-electron chi connectivity index (χ0n) is 16.7. The van der Waals surface area contributed by atoms with E-state index in [-0.39, 0.29) is 11.1 Å². The molecule has 0 saturated heterocycles. The van der Waals surface area contributed by atoms with E-state index in [0.29, 0.717) is 30.8 Å². The van der Waals surface area contributed by atoms with Crippen molar-refractivity contribution in [2.75, 3.05) is 0 Å². The van der Waals surface area contributed by atoms with Crippen molar-refractivity contribution in [1.29, 1.82) is 0 Å². The van der Waals surface area contributed by atoms with Gasteiger partial charge in [0.2, 0.25) is 0 Å². The molecular formula is C24H26O5. The molecular weight excluding hydrogens is 368 g/mol. The summed E-state index contributed by atoms with van der Waals surface area (Å²) in [6.45, 7) is 4.43. The number of aryl methyl sites for hydroxylation is 1. The summed E-state index contributed by atoms with van der Waals surface area (Å²) in [4.78, 5) is 22.9. The molecule has 2 N–H and O–H groups in total. The second kappa shape index (κ2) is 10.9. The van der Waals surface area contributed by atoms with Gasteiger partial charge >= 0.3 is 11.9 Å². The second-order valence-corrected chi connectivity index (χ2v) is 6.83. The highest BCUT2D eigenvalue weighted by atomic mass is 16.5. The molecule has 0 fully saturated rings. The van der Waals surface area contributed by atoms with Crippen LogP contribution < -0.4 is 4.74 Å². The molecule has 5 heteroatoms. The number of aliphatic carboxylic acids is 2. The van der Waals surface area contributed by atoms with Crippen LogP contribution in [-0.2, 0) is 16.2 Å². The molecule has 0 aromatic heterocycles. The third kappa shape index (κ3) is 7.30. The van der Waals surface area contributed by atoms with Crippen molar-refractivity contribution in [2.45, 2.75) is 39.7 Å². The van der Waals surface area contributed by atoms with Crippen LogP contribution in [0.4, 0.5) is 0 Å². The summed E-state index contributed by atoms with van der Waals surface area (Å²) in [5.74, 6) is -1.59. The first-order chi connectivity index (χ1) is 13.9. The van der Waals surface area contributed by atoms with Crippen LogP contribution in [0, 0.1) is 6.92 Å². The van der Waals surface area contributed by atoms with Crippen molar-refractivity contribution in [3.8, 4) is 5.75 Å². The highest BCUT2D eigenvalue weighted by molar-refractivity contribution is 5.98. The minimum Gasteiger partial charge on any atom is -0.489 e. The molecule has 0 aliphatic carbocycles. The number of hydrogen-bond donors (Lipinski definition) is 2. The fraction of sp³-hybridized carbons (Fsp3) is 0.250. The molecule has 0 aliphatic rings. The van der Waals surface area contributed by atoms with E-state index in [2.05, 4.69) is 0 Å².